The summed E-state index contributed by atoms with van der Waals surface area (Å²) < 4.78 is 9.88. The van der Waals surface area contributed by atoms with Crippen molar-refractivity contribution in [3.8, 4) is 0 Å². The van der Waals surface area contributed by atoms with Gasteiger partial charge in [0.1, 0.15) is 6.10 Å². The van der Waals surface area contributed by atoms with E-state index in [0.29, 0.717) is 17.4 Å². The molecule has 3 aromatic carbocycles. The van der Waals surface area contributed by atoms with Gasteiger partial charge in [-0.1, -0.05) is 72.8 Å². The molecule has 0 unspecified atom stereocenters. The fraction of sp³-hybridized carbons (Fsp3) is 0.394. The summed E-state index contributed by atoms with van der Waals surface area (Å²) in [4.78, 5) is 29.0. The third-order valence-electron chi connectivity index (χ3n) is 7.65. The van der Waals surface area contributed by atoms with Crippen molar-refractivity contribution in [1.82, 2.24) is 14.0 Å². The van der Waals surface area contributed by atoms with E-state index >= 15 is 0 Å². The zero-order valence-corrected chi connectivity index (χ0v) is 24.5. The summed E-state index contributed by atoms with van der Waals surface area (Å²) in [6, 6.07) is 28.4. The number of nitrogens with zero attached hydrogens (tertiary/aromatic N) is 3. The minimum Gasteiger partial charge on any atom is -0.365 e. The van der Waals surface area contributed by atoms with Crippen molar-refractivity contribution in [3.05, 3.63) is 117 Å². The summed E-state index contributed by atoms with van der Waals surface area (Å²) in [6.45, 7) is 9.14. The molecule has 0 radical (unpaired) electrons. The van der Waals surface area contributed by atoms with Crippen molar-refractivity contribution in [2.24, 2.45) is 0 Å². The number of para-hydroxylation sites is 1. The van der Waals surface area contributed by atoms with Gasteiger partial charge in [-0.3, -0.25) is 13.9 Å². The lowest BCUT2D eigenvalue weighted by Crippen LogP contribution is -2.48. The van der Waals surface area contributed by atoms with Crippen LogP contribution in [0.5, 0.6) is 0 Å². The van der Waals surface area contributed by atoms with Crippen molar-refractivity contribution >= 4 is 23.3 Å². The fourth-order valence-corrected chi connectivity index (χ4v) is 5.65. The molecular formula is C33H40ClN3O3. The zero-order valence-electron chi connectivity index (χ0n) is 23.7. The molecule has 4 aromatic rings. The van der Waals surface area contributed by atoms with Crippen LogP contribution in [0.2, 0.25) is 0 Å². The summed E-state index contributed by atoms with van der Waals surface area (Å²) in [6.07, 6.45) is 2.94. The van der Waals surface area contributed by atoms with Gasteiger partial charge in [-0.15, -0.1) is 12.4 Å². The van der Waals surface area contributed by atoms with Crippen LogP contribution in [0.25, 0.3) is 10.9 Å². The van der Waals surface area contributed by atoms with Crippen LogP contribution in [0.1, 0.15) is 57.3 Å². The Bertz CT molecular complexity index is 1460. The number of hydrogen-bond acceptors (Lipinski definition) is 4. The molecule has 40 heavy (non-hydrogen) atoms. The summed E-state index contributed by atoms with van der Waals surface area (Å²) in [7, 11) is 0. The van der Waals surface area contributed by atoms with Crippen LogP contribution in [0.3, 0.4) is 0 Å². The number of aryl methyl sites for hydroxylation is 1. The number of rotatable bonds is 8. The first-order chi connectivity index (χ1) is 18.8. The van der Waals surface area contributed by atoms with Gasteiger partial charge >= 0.3 is 5.69 Å². The highest BCUT2D eigenvalue weighted by Gasteiger charge is 2.25. The van der Waals surface area contributed by atoms with Crippen molar-refractivity contribution < 1.29 is 4.74 Å². The van der Waals surface area contributed by atoms with Gasteiger partial charge in [-0.2, -0.15) is 0 Å². The second-order valence-corrected chi connectivity index (χ2v) is 11.5. The highest BCUT2D eigenvalue weighted by molar-refractivity contribution is 5.85. The monoisotopic (exact) mass is 561 g/mol. The van der Waals surface area contributed by atoms with E-state index in [-0.39, 0.29) is 35.9 Å². The Morgan fingerprint density at radius 3 is 1.93 bits per heavy atom. The van der Waals surface area contributed by atoms with E-state index in [2.05, 4.69) is 53.4 Å². The smallest absolute Gasteiger partial charge is 0.331 e. The van der Waals surface area contributed by atoms with Gasteiger partial charge in [0.2, 0.25) is 0 Å². The molecule has 212 valence electrons. The Labute approximate surface area is 242 Å². The highest BCUT2D eigenvalue weighted by atomic mass is 35.5. The van der Waals surface area contributed by atoms with Gasteiger partial charge < -0.3 is 9.64 Å². The van der Waals surface area contributed by atoms with Gasteiger partial charge in [-0.25, -0.2) is 4.79 Å². The van der Waals surface area contributed by atoms with Crippen molar-refractivity contribution in [2.75, 3.05) is 19.6 Å². The molecule has 1 aromatic heterocycles. The number of likely N-dealkylation sites (tertiary alicyclic amines) is 1. The van der Waals surface area contributed by atoms with E-state index in [0.717, 1.165) is 38.9 Å². The molecule has 1 aliphatic heterocycles. The molecule has 0 amide bonds. The van der Waals surface area contributed by atoms with Gasteiger partial charge in [0.25, 0.3) is 5.56 Å². The molecule has 0 spiro atoms. The average molecular weight is 562 g/mol. The second-order valence-electron chi connectivity index (χ2n) is 11.5. The Kier molecular flexibility index (Phi) is 9.67. The maximum atomic E-state index is 13.4. The Hall–Kier alpha value is -3.19. The van der Waals surface area contributed by atoms with Crippen LogP contribution in [0.15, 0.2) is 94.5 Å². The maximum Gasteiger partial charge on any atom is 0.331 e. The van der Waals surface area contributed by atoms with E-state index < -0.39 is 5.54 Å². The van der Waals surface area contributed by atoms with Gasteiger partial charge in [0.15, 0.2) is 0 Å². The summed E-state index contributed by atoms with van der Waals surface area (Å²) >= 11 is 0. The minimum atomic E-state index is -0.584. The molecule has 0 aliphatic carbocycles. The molecule has 5 rings (SSSR count). The van der Waals surface area contributed by atoms with E-state index in [9.17, 15) is 9.59 Å². The SMILES string of the molecule is CC(C)(C)n1c(=O)c2ccccc2n(CCCN2CCC(OC(c3ccccc3)c3ccccc3)CC2)c1=O.Cl. The van der Waals surface area contributed by atoms with Gasteiger partial charge in [0, 0.05) is 25.2 Å². The quantitative estimate of drug-likeness (QED) is 0.265. The lowest BCUT2D eigenvalue weighted by atomic mass is 10.00. The molecule has 1 aliphatic rings. The topological polar surface area (TPSA) is 56.5 Å². The number of piperidine rings is 1. The Balaban J connectivity index is 0.00000370. The third kappa shape index (κ3) is 6.57. The van der Waals surface area contributed by atoms with Crippen molar-refractivity contribution in [2.45, 2.75) is 64.3 Å². The molecule has 1 fully saturated rings. The van der Waals surface area contributed by atoms with Crippen LogP contribution in [0.4, 0.5) is 0 Å². The minimum absolute atomic E-state index is 0. The Morgan fingerprint density at radius 1 is 0.800 bits per heavy atom. The lowest BCUT2D eigenvalue weighted by Gasteiger charge is -2.34. The summed E-state index contributed by atoms with van der Waals surface area (Å²) in [5.41, 5.74) is 2.05. The van der Waals surface area contributed by atoms with Crippen molar-refractivity contribution in [3.63, 3.8) is 0 Å². The molecular weight excluding hydrogens is 522 g/mol. The van der Waals surface area contributed by atoms with Crippen LogP contribution >= 0.6 is 12.4 Å². The normalized spacial score (nSPS) is 14.9. The molecule has 0 saturated carbocycles. The van der Waals surface area contributed by atoms with Crippen LogP contribution in [-0.2, 0) is 16.8 Å². The average Bonchev–Trinajstić information content (AvgIpc) is 2.94. The Morgan fingerprint density at radius 2 is 1.35 bits per heavy atom. The van der Waals surface area contributed by atoms with E-state index in [1.165, 1.54) is 15.7 Å². The largest absolute Gasteiger partial charge is 0.365 e. The van der Waals surface area contributed by atoms with Crippen molar-refractivity contribution in [1.29, 1.82) is 0 Å². The second kappa shape index (κ2) is 13.0. The zero-order chi connectivity index (χ0) is 27.4. The van der Waals surface area contributed by atoms with E-state index in [1.54, 1.807) is 4.57 Å². The van der Waals surface area contributed by atoms with Crippen LogP contribution < -0.4 is 11.2 Å². The number of hydrogen-bond donors (Lipinski definition) is 0. The van der Waals surface area contributed by atoms with E-state index in [4.69, 9.17) is 4.74 Å². The predicted octanol–water partition coefficient (Wildman–Crippen LogP) is 6.00. The highest BCUT2D eigenvalue weighted by Crippen LogP contribution is 2.30. The molecule has 0 bridgehead atoms. The maximum absolute atomic E-state index is 13.4. The molecule has 1 saturated heterocycles. The number of aromatic nitrogens is 2. The first kappa shape index (κ1) is 29.8. The van der Waals surface area contributed by atoms with E-state index in [1.807, 2.05) is 57.2 Å². The summed E-state index contributed by atoms with van der Waals surface area (Å²) in [5, 5.41) is 0.594. The first-order valence-electron chi connectivity index (χ1n) is 14.1. The predicted molar refractivity (Wildman–Crippen MR) is 165 cm³/mol. The molecule has 6 nitrogen and oxygen atoms in total. The number of ether oxygens (including phenoxy) is 1. The summed E-state index contributed by atoms with van der Waals surface area (Å²) in [5.74, 6) is 0. The van der Waals surface area contributed by atoms with Crippen LogP contribution in [-0.4, -0.2) is 39.8 Å². The van der Waals surface area contributed by atoms with Gasteiger partial charge in [0.05, 0.1) is 17.0 Å². The van der Waals surface area contributed by atoms with Gasteiger partial charge in [-0.05, 0) is 69.8 Å². The standard InChI is InChI=1S/C33H39N3O3.ClH/c1-33(2,3)36-31(37)28-17-10-11-18-29(28)35(32(36)38)22-12-21-34-23-19-27(20-24-34)39-30(25-13-6-4-7-14-25)26-15-8-5-9-16-26;/h4-11,13-18,27,30H,12,19-24H2,1-3H3;1H. The third-order valence-corrected chi connectivity index (χ3v) is 7.65. The molecule has 7 heteroatoms. The number of fused-ring (bicyclic) bond motifs is 1. The molecule has 0 N–H and O–H groups in total. The lowest BCUT2D eigenvalue weighted by molar-refractivity contribution is -0.0271. The number of benzene rings is 3. The first-order valence-corrected chi connectivity index (χ1v) is 14.1. The molecule has 0 atom stereocenters. The molecule has 2 heterocycles. The number of halogens is 1. The fourth-order valence-electron chi connectivity index (χ4n) is 5.65. The van der Waals surface area contributed by atoms with Crippen LogP contribution in [0, 0.1) is 0 Å².